The van der Waals surface area contributed by atoms with Gasteiger partial charge < -0.3 is 25.1 Å². The van der Waals surface area contributed by atoms with Crippen molar-refractivity contribution in [2.24, 2.45) is 0 Å². The molecule has 1 aromatic rings. The highest BCUT2D eigenvalue weighted by Crippen LogP contribution is 2.44. The Morgan fingerprint density at radius 1 is 1.28 bits per heavy atom. The lowest BCUT2D eigenvalue weighted by molar-refractivity contribution is -0.131. The Bertz CT molecular complexity index is 1070. The molecule has 0 saturated carbocycles. The van der Waals surface area contributed by atoms with Crippen LogP contribution in [0.3, 0.4) is 0 Å². The first kappa shape index (κ1) is 27.6. The SMILES string of the molecule is CC(C)N(C(=O)c1cc2c(cc1Cl)C(C)(C)C(=O)N2CCNC(=O)C(F)F)[C@@H]1CCCN(C(=O)O)C1. The number of nitrogens with zero attached hydrogens (tertiary/aromatic N) is 3. The number of benzene rings is 1. The number of likely N-dealkylation sites (tertiary alicyclic amines) is 1. The molecule has 0 unspecified atom stereocenters. The molecule has 1 atom stereocenters. The largest absolute Gasteiger partial charge is 0.465 e. The molecule has 2 heterocycles. The summed E-state index contributed by atoms with van der Waals surface area (Å²) in [6.45, 7) is 7.41. The Labute approximate surface area is 213 Å². The van der Waals surface area contributed by atoms with Crippen molar-refractivity contribution in [3.8, 4) is 0 Å². The van der Waals surface area contributed by atoms with Crippen LogP contribution in [0.5, 0.6) is 0 Å². The smallest absolute Gasteiger partial charge is 0.407 e. The summed E-state index contributed by atoms with van der Waals surface area (Å²) in [7, 11) is 0. The first-order valence-electron chi connectivity index (χ1n) is 11.8. The van der Waals surface area contributed by atoms with Crippen molar-refractivity contribution < 1.29 is 33.1 Å². The number of amides is 4. The van der Waals surface area contributed by atoms with Crippen LogP contribution in [0.2, 0.25) is 5.02 Å². The van der Waals surface area contributed by atoms with E-state index in [4.69, 9.17) is 11.6 Å². The van der Waals surface area contributed by atoms with Gasteiger partial charge in [-0.15, -0.1) is 0 Å². The zero-order valence-corrected chi connectivity index (χ0v) is 21.4. The molecule has 0 radical (unpaired) electrons. The van der Waals surface area contributed by atoms with E-state index in [1.165, 1.54) is 15.9 Å². The van der Waals surface area contributed by atoms with Crippen molar-refractivity contribution in [1.82, 2.24) is 15.1 Å². The van der Waals surface area contributed by atoms with Gasteiger partial charge in [0.15, 0.2) is 0 Å². The highest BCUT2D eigenvalue weighted by Gasteiger charge is 2.45. The summed E-state index contributed by atoms with van der Waals surface area (Å²) < 4.78 is 25.1. The molecule has 1 saturated heterocycles. The van der Waals surface area contributed by atoms with Gasteiger partial charge in [0.2, 0.25) is 5.91 Å². The fourth-order valence-corrected chi connectivity index (χ4v) is 5.16. The monoisotopic (exact) mass is 528 g/mol. The maximum absolute atomic E-state index is 13.7. The third kappa shape index (κ3) is 5.25. The second-order valence-corrected chi connectivity index (χ2v) is 10.3. The van der Waals surface area contributed by atoms with Crippen LogP contribution in [0, 0.1) is 0 Å². The number of hydrogen-bond acceptors (Lipinski definition) is 4. The van der Waals surface area contributed by atoms with E-state index < -0.39 is 29.7 Å². The number of nitrogens with one attached hydrogen (secondary N) is 1. The number of carbonyl (C=O) groups is 4. The maximum atomic E-state index is 13.7. The van der Waals surface area contributed by atoms with Crippen LogP contribution < -0.4 is 10.2 Å². The first-order chi connectivity index (χ1) is 16.8. The number of anilines is 1. The molecule has 2 N–H and O–H groups in total. The van der Waals surface area contributed by atoms with Gasteiger partial charge in [-0.05, 0) is 58.2 Å². The van der Waals surface area contributed by atoms with Crippen LogP contribution in [-0.4, -0.2) is 83.4 Å². The van der Waals surface area contributed by atoms with Crippen molar-refractivity contribution in [2.75, 3.05) is 31.1 Å². The minimum Gasteiger partial charge on any atom is -0.465 e. The van der Waals surface area contributed by atoms with Crippen LogP contribution in [0.1, 0.15) is 56.5 Å². The predicted molar refractivity (Wildman–Crippen MR) is 130 cm³/mol. The summed E-state index contributed by atoms with van der Waals surface area (Å²) in [5.74, 6) is -2.13. The third-order valence-electron chi connectivity index (χ3n) is 6.74. The van der Waals surface area contributed by atoms with Crippen LogP contribution in [0.15, 0.2) is 12.1 Å². The number of carboxylic acid groups (broad SMARTS) is 1. The minimum absolute atomic E-state index is 0.0624. The second-order valence-electron chi connectivity index (χ2n) is 9.85. The molecule has 1 aromatic carbocycles. The van der Waals surface area contributed by atoms with E-state index >= 15 is 0 Å². The van der Waals surface area contributed by atoms with Gasteiger partial charge in [0.1, 0.15) is 0 Å². The first-order valence-corrected chi connectivity index (χ1v) is 12.2. The number of hydrogen-bond donors (Lipinski definition) is 2. The second kappa shape index (κ2) is 10.6. The number of fused-ring (bicyclic) bond motifs is 1. The lowest BCUT2D eigenvalue weighted by Crippen LogP contribution is -2.53. The highest BCUT2D eigenvalue weighted by atomic mass is 35.5. The van der Waals surface area contributed by atoms with Crippen molar-refractivity contribution >= 4 is 41.1 Å². The number of carbonyl (C=O) groups excluding carboxylic acids is 3. The molecule has 2 aliphatic heterocycles. The van der Waals surface area contributed by atoms with Gasteiger partial charge in [-0.2, -0.15) is 8.78 Å². The van der Waals surface area contributed by atoms with Crippen molar-refractivity contribution in [3.63, 3.8) is 0 Å². The summed E-state index contributed by atoms with van der Waals surface area (Å²) in [6.07, 6.45) is -2.95. The van der Waals surface area contributed by atoms with Crippen LogP contribution in [-0.2, 0) is 15.0 Å². The van der Waals surface area contributed by atoms with Crippen molar-refractivity contribution in [2.45, 2.75) is 64.5 Å². The Balaban J connectivity index is 1.94. The zero-order valence-electron chi connectivity index (χ0n) is 20.7. The van der Waals surface area contributed by atoms with Crippen LogP contribution >= 0.6 is 11.6 Å². The average Bonchev–Trinajstić information content (AvgIpc) is 2.98. The summed E-state index contributed by atoms with van der Waals surface area (Å²) >= 11 is 6.55. The van der Waals surface area contributed by atoms with E-state index in [1.807, 2.05) is 13.8 Å². The summed E-state index contributed by atoms with van der Waals surface area (Å²) in [4.78, 5) is 53.9. The Kier molecular flexibility index (Phi) is 8.12. The van der Waals surface area contributed by atoms with E-state index in [1.54, 1.807) is 24.8 Å². The third-order valence-corrected chi connectivity index (χ3v) is 7.06. The zero-order chi connectivity index (χ0) is 26.9. The molecule has 2 aliphatic rings. The lowest BCUT2D eigenvalue weighted by Gasteiger charge is -2.40. The maximum Gasteiger partial charge on any atom is 0.407 e. The average molecular weight is 529 g/mol. The van der Waals surface area contributed by atoms with E-state index in [2.05, 4.69) is 5.32 Å². The van der Waals surface area contributed by atoms with Gasteiger partial charge in [0, 0.05) is 37.9 Å². The quantitative estimate of drug-likeness (QED) is 0.564. The predicted octanol–water partition coefficient (Wildman–Crippen LogP) is 3.34. The molecule has 1 fully saturated rings. The summed E-state index contributed by atoms with van der Waals surface area (Å²) in [6, 6.07) is 2.50. The van der Waals surface area contributed by atoms with E-state index in [-0.39, 0.29) is 48.2 Å². The fourth-order valence-electron chi connectivity index (χ4n) is 4.92. The molecule has 0 spiro atoms. The van der Waals surface area contributed by atoms with Gasteiger partial charge in [-0.3, -0.25) is 14.4 Å². The molecule has 0 aliphatic carbocycles. The van der Waals surface area contributed by atoms with Crippen molar-refractivity contribution in [3.05, 3.63) is 28.3 Å². The standard InChI is InChI=1S/C24H31ClF2N4O5/c1-13(2)31(14-6-5-8-29(12-14)23(35)36)21(33)15-10-18-16(11-17(15)25)24(3,4)22(34)30(18)9-7-28-20(32)19(26)27/h10-11,13-14,19H,5-9,12H2,1-4H3,(H,28,32)(H,35,36)/t14-/m1/s1. The molecule has 4 amide bonds. The Morgan fingerprint density at radius 3 is 2.53 bits per heavy atom. The normalized spacial score (nSPS) is 19.0. The van der Waals surface area contributed by atoms with Gasteiger partial charge >= 0.3 is 12.5 Å². The molecule has 0 bridgehead atoms. The molecule has 198 valence electrons. The molecule has 36 heavy (non-hydrogen) atoms. The van der Waals surface area contributed by atoms with Gasteiger partial charge in [-0.25, -0.2) is 4.79 Å². The number of rotatable bonds is 7. The number of piperidine rings is 1. The molecule has 0 aromatic heterocycles. The van der Waals surface area contributed by atoms with Gasteiger partial charge in [-0.1, -0.05) is 11.6 Å². The summed E-state index contributed by atoms with van der Waals surface area (Å²) in [5, 5.41) is 11.7. The molecule has 12 heteroatoms. The van der Waals surface area contributed by atoms with Gasteiger partial charge in [0.25, 0.3) is 11.8 Å². The van der Waals surface area contributed by atoms with E-state index in [0.29, 0.717) is 30.6 Å². The molecule has 3 rings (SSSR count). The molecular formula is C24H31ClF2N4O5. The Hall–Kier alpha value is -2.95. The topological polar surface area (TPSA) is 110 Å². The van der Waals surface area contributed by atoms with E-state index in [9.17, 15) is 33.1 Å². The number of alkyl halides is 2. The highest BCUT2D eigenvalue weighted by molar-refractivity contribution is 6.34. The van der Waals surface area contributed by atoms with Crippen molar-refractivity contribution in [1.29, 1.82) is 0 Å². The Morgan fingerprint density at radius 2 is 1.94 bits per heavy atom. The minimum atomic E-state index is -3.16. The molecule has 9 nitrogen and oxygen atoms in total. The summed E-state index contributed by atoms with van der Waals surface area (Å²) in [5.41, 5.74) is 0.184. The van der Waals surface area contributed by atoms with Crippen LogP contribution in [0.4, 0.5) is 19.3 Å². The fraction of sp³-hybridized carbons (Fsp3) is 0.583. The lowest BCUT2D eigenvalue weighted by atomic mass is 9.85. The van der Waals surface area contributed by atoms with Crippen LogP contribution in [0.25, 0.3) is 0 Å². The van der Waals surface area contributed by atoms with E-state index in [0.717, 1.165) is 0 Å². The van der Waals surface area contributed by atoms with Gasteiger partial charge in [0.05, 0.1) is 22.0 Å². The molecular weight excluding hydrogens is 498 g/mol. The number of halogens is 3.